The van der Waals surface area contributed by atoms with E-state index in [1.54, 1.807) is 0 Å². The van der Waals surface area contributed by atoms with Gasteiger partial charge in [-0.25, -0.2) is 4.57 Å². The van der Waals surface area contributed by atoms with Gasteiger partial charge in [0.05, 0.1) is 13.2 Å². The number of nitrogens with two attached hydrogens (primary N) is 1. The van der Waals surface area contributed by atoms with E-state index in [4.69, 9.17) is 24.3 Å². The highest BCUT2D eigenvalue weighted by Crippen LogP contribution is 2.43. The van der Waals surface area contributed by atoms with E-state index in [0.29, 0.717) is 12.8 Å². The lowest BCUT2D eigenvalue weighted by Gasteiger charge is -2.19. The van der Waals surface area contributed by atoms with Gasteiger partial charge in [0.2, 0.25) is 0 Å². The van der Waals surface area contributed by atoms with E-state index < -0.39 is 32.5 Å². The number of ether oxygens (including phenoxy) is 2. The second-order valence-electron chi connectivity index (χ2n) is 14.2. The van der Waals surface area contributed by atoms with Gasteiger partial charge in [0.1, 0.15) is 6.61 Å². The first-order valence-electron chi connectivity index (χ1n) is 21.6. The first-order chi connectivity index (χ1) is 26.3. The van der Waals surface area contributed by atoms with Crippen LogP contribution in [-0.2, 0) is 32.7 Å². The normalized spacial score (nSPS) is 13.8. The van der Waals surface area contributed by atoms with E-state index in [1.807, 2.05) is 0 Å². The fraction of sp³-hybridized carbons (Fsp3) is 0.773. The summed E-state index contributed by atoms with van der Waals surface area (Å²) < 4.78 is 32.8. The molecule has 0 aliphatic rings. The lowest BCUT2D eigenvalue weighted by molar-refractivity contribution is -0.161. The van der Waals surface area contributed by atoms with Gasteiger partial charge in [-0.05, 0) is 70.6 Å². The van der Waals surface area contributed by atoms with Crippen molar-refractivity contribution in [1.29, 1.82) is 0 Å². The van der Waals surface area contributed by atoms with E-state index in [-0.39, 0.29) is 32.6 Å². The molecule has 9 nitrogen and oxygen atoms in total. The van der Waals surface area contributed by atoms with Crippen LogP contribution in [0, 0.1) is 0 Å². The molecule has 1 unspecified atom stereocenters. The van der Waals surface area contributed by atoms with Crippen molar-refractivity contribution in [3.63, 3.8) is 0 Å². The van der Waals surface area contributed by atoms with E-state index in [0.717, 1.165) is 77.0 Å². The second-order valence-corrected chi connectivity index (χ2v) is 15.7. The minimum absolute atomic E-state index is 0.0492. The van der Waals surface area contributed by atoms with E-state index in [9.17, 15) is 19.0 Å². The van der Waals surface area contributed by atoms with Crippen LogP contribution >= 0.6 is 7.82 Å². The van der Waals surface area contributed by atoms with Crippen molar-refractivity contribution in [2.24, 2.45) is 5.73 Å². The molecule has 0 spiro atoms. The van der Waals surface area contributed by atoms with Gasteiger partial charge in [0.25, 0.3) is 0 Å². The standard InChI is InChI=1S/C44H80NO8P/c1-3-5-7-9-11-13-15-17-19-20-21-22-23-25-27-29-31-33-35-37-44(47)53-42(41-52-54(48,49)51-39-38-45)40-50-43(46)36-34-32-30-28-26-24-18-16-14-12-10-8-6-4-2/h10-13,16-19,42H,3-9,14-15,20-41,45H2,1-2H3,(H,48,49)/b12-10-,13-11-,18-16-,19-17-/t42-/m1/s1. The highest BCUT2D eigenvalue weighted by molar-refractivity contribution is 7.47. The molecule has 2 atom stereocenters. The molecule has 0 radical (unpaired) electrons. The molecule has 0 heterocycles. The summed E-state index contributed by atoms with van der Waals surface area (Å²) >= 11 is 0. The van der Waals surface area contributed by atoms with Gasteiger partial charge < -0.3 is 20.1 Å². The maximum atomic E-state index is 12.6. The lowest BCUT2D eigenvalue weighted by atomic mass is 10.1. The molecule has 10 heteroatoms. The highest BCUT2D eigenvalue weighted by Gasteiger charge is 2.26. The average Bonchev–Trinajstić information content (AvgIpc) is 3.16. The van der Waals surface area contributed by atoms with E-state index >= 15 is 0 Å². The maximum Gasteiger partial charge on any atom is 0.472 e. The number of phosphoric ester groups is 1. The minimum atomic E-state index is -4.38. The number of carbonyl (C=O) groups is 2. The smallest absolute Gasteiger partial charge is 0.462 e. The molecular formula is C44H80NO8P. The Morgan fingerprint density at radius 2 is 0.981 bits per heavy atom. The molecule has 54 heavy (non-hydrogen) atoms. The molecule has 0 amide bonds. The van der Waals surface area contributed by atoms with Gasteiger partial charge in [0, 0.05) is 19.4 Å². The van der Waals surface area contributed by atoms with Crippen LogP contribution in [0.15, 0.2) is 48.6 Å². The number of unbranched alkanes of at least 4 members (excludes halogenated alkanes) is 19. The van der Waals surface area contributed by atoms with Gasteiger partial charge in [-0.2, -0.15) is 0 Å². The van der Waals surface area contributed by atoms with E-state index in [1.165, 1.54) is 70.6 Å². The van der Waals surface area contributed by atoms with Gasteiger partial charge in [-0.1, -0.05) is 152 Å². The fourth-order valence-electron chi connectivity index (χ4n) is 5.68. The highest BCUT2D eigenvalue weighted by atomic mass is 31.2. The third kappa shape index (κ3) is 39.7. The van der Waals surface area contributed by atoms with Gasteiger partial charge in [-0.15, -0.1) is 0 Å². The monoisotopic (exact) mass is 782 g/mol. The number of hydrogen-bond acceptors (Lipinski definition) is 8. The number of phosphoric acid groups is 1. The molecule has 314 valence electrons. The summed E-state index contributed by atoms with van der Waals surface area (Å²) in [5.74, 6) is -0.850. The van der Waals surface area contributed by atoms with E-state index in [2.05, 4.69) is 62.5 Å². The number of esters is 2. The summed E-state index contributed by atoms with van der Waals surface area (Å²) in [5.41, 5.74) is 5.34. The summed E-state index contributed by atoms with van der Waals surface area (Å²) in [7, 11) is -4.38. The molecule has 0 aliphatic heterocycles. The Balaban J connectivity index is 4.17. The van der Waals surface area contributed by atoms with Crippen molar-refractivity contribution in [2.75, 3.05) is 26.4 Å². The summed E-state index contributed by atoms with van der Waals surface area (Å²) in [4.78, 5) is 34.8. The van der Waals surface area contributed by atoms with Crippen molar-refractivity contribution >= 4 is 19.8 Å². The largest absolute Gasteiger partial charge is 0.472 e. The van der Waals surface area contributed by atoms with Gasteiger partial charge in [-0.3, -0.25) is 18.6 Å². The maximum absolute atomic E-state index is 12.6. The predicted octanol–water partition coefficient (Wildman–Crippen LogP) is 12.3. The van der Waals surface area contributed by atoms with Crippen LogP contribution < -0.4 is 5.73 Å². The molecule has 0 saturated heterocycles. The van der Waals surface area contributed by atoms with Crippen molar-refractivity contribution < 1.29 is 37.6 Å². The summed E-state index contributed by atoms with van der Waals surface area (Å²) in [6.07, 6.45) is 45.6. The van der Waals surface area contributed by atoms with Gasteiger partial charge >= 0.3 is 19.8 Å². The Morgan fingerprint density at radius 3 is 1.46 bits per heavy atom. The Morgan fingerprint density at radius 1 is 0.556 bits per heavy atom. The number of hydrogen-bond donors (Lipinski definition) is 2. The Labute approximate surface area is 330 Å². The molecule has 0 saturated carbocycles. The zero-order valence-electron chi connectivity index (χ0n) is 34.4. The van der Waals surface area contributed by atoms with Crippen molar-refractivity contribution in [1.82, 2.24) is 0 Å². The average molecular weight is 782 g/mol. The SMILES string of the molecule is CCCC/C=C\C/C=C\CCCCCCCC(=O)OC[C@H](COP(=O)(O)OCCN)OC(=O)CCCCCCCCCCC/C=C\C/C=C\CCCCC. The third-order valence-electron chi connectivity index (χ3n) is 8.94. The zero-order chi connectivity index (χ0) is 39.6. The molecule has 0 bridgehead atoms. The van der Waals surface area contributed by atoms with Crippen LogP contribution in [0.1, 0.15) is 187 Å². The molecule has 0 rings (SSSR count). The molecule has 0 aromatic carbocycles. The Kier molecular flexibility index (Phi) is 39.1. The number of carbonyl (C=O) groups excluding carboxylic acids is 2. The van der Waals surface area contributed by atoms with Crippen LogP contribution in [0.25, 0.3) is 0 Å². The minimum Gasteiger partial charge on any atom is -0.462 e. The summed E-state index contributed by atoms with van der Waals surface area (Å²) in [6.45, 7) is 3.64. The fourth-order valence-corrected chi connectivity index (χ4v) is 6.45. The molecule has 0 aliphatic carbocycles. The van der Waals surface area contributed by atoms with Gasteiger partial charge in [0.15, 0.2) is 6.10 Å². The molecule has 0 aromatic heterocycles. The third-order valence-corrected chi connectivity index (χ3v) is 9.92. The van der Waals surface area contributed by atoms with Crippen molar-refractivity contribution in [2.45, 2.75) is 193 Å². The van der Waals surface area contributed by atoms with Crippen molar-refractivity contribution in [3.05, 3.63) is 48.6 Å². The second kappa shape index (κ2) is 40.6. The summed E-state index contributed by atoms with van der Waals surface area (Å²) in [6, 6.07) is 0. The molecule has 3 N–H and O–H groups in total. The van der Waals surface area contributed by atoms with Crippen LogP contribution in [-0.4, -0.2) is 49.3 Å². The topological polar surface area (TPSA) is 134 Å². The molecule has 0 fully saturated rings. The Bertz CT molecular complexity index is 1030. The van der Waals surface area contributed by atoms with Crippen molar-refractivity contribution in [3.8, 4) is 0 Å². The number of allylic oxidation sites excluding steroid dienone is 8. The van der Waals surface area contributed by atoms with Crippen LogP contribution in [0.5, 0.6) is 0 Å². The zero-order valence-corrected chi connectivity index (χ0v) is 35.3. The quantitative estimate of drug-likeness (QED) is 0.0269. The molecule has 0 aromatic rings. The summed E-state index contributed by atoms with van der Waals surface area (Å²) in [5, 5.41) is 0. The van der Waals surface area contributed by atoms with Crippen LogP contribution in [0.2, 0.25) is 0 Å². The predicted molar refractivity (Wildman–Crippen MR) is 224 cm³/mol. The Hall–Kier alpha value is -2.03. The lowest BCUT2D eigenvalue weighted by Crippen LogP contribution is -2.29. The van der Waals surface area contributed by atoms with Crippen LogP contribution in [0.4, 0.5) is 0 Å². The first-order valence-corrected chi connectivity index (χ1v) is 23.1. The van der Waals surface area contributed by atoms with Crippen LogP contribution in [0.3, 0.4) is 0 Å². The first kappa shape index (κ1) is 52.0. The molecular weight excluding hydrogens is 701 g/mol. The number of rotatable bonds is 40.